The fraction of sp³-hybridized carbons (Fsp3) is 0.433. The van der Waals surface area contributed by atoms with Crippen molar-refractivity contribution in [3.63, 3.8) is 0 Å². The lowest BCUT2D eigenvalue weighted by molar-refractivity contribution is 0.0184. The molecule has 2 atom stereocenters. The number of nitrogens with zero attached hydrogens (tertiary/aromatic N) is 1. The van der Waals surface area contributed by atoms with Gasteiger partial charge in [0.25, 0.3) is 0 Å². The molecule has 5 rings (SSSR count). The predicted octanol–water partition coefficient (Wildman–Crippen LogP) is 8.12. The third kappa shape index (κ3) is 4.33. The lowest BCUT2D eigenvalue weighted by Crippen LogP contribution is -2.40. The van der Waals surface area contributed by atoms with Crippen molar-refractivity contribution in [3.05, 3.63) is 78.0 Å². The summed E-state index contributed by atoms with van der Waals surface area (Å²) in [4.78, 5) is 4.76. The Morgan fingerprint density at radius 1 is 0.806 bits per heavy atom. The number of fused-ring (bicyclic) bond motifs is 2. The number of benzene rings is 2. The first-order valence-electron chi connectivity index (χ1n) is 12.1. The zero-order valence-electron chi connectivity index (χ0n) is 19.3. The maximum atomic E-state index is 4.76. The lowest BCUT2D eigenvalue weighted by Gasteiger charge is -2.50. The molecule has 0 aliphatic heterocycles. The zero-order valence-corrected chi connectivity index (χ0v) is 19.3. The highest BCUT2D eigenvalue weighted by molar-refractivity contribution is 5.68. The molecule has 2 aromatic carbocycles. The van der Waals surface area contributed by atoms with Gasteiger partial charge in [-0.2, -0.15) is 0 Å². The number of rotatable bonds is 4. The molecule has 0 N–H and O–H groups in total. The van der Waals surface area contributed by atoms with Crippen molar-refractivity contribution in [1.29, 1.82) is 0 Å². The molecule has 1 heteroatoms. The van der Waals surface area contributed by atoms with Crippen LogP contribution in [0.15, 0.2) is 66.9 Å². The zero-order chi connectivity index (χ0) is 21.4. The topological polar surface area (TPSA) is 12.9 Å². The smallest absolute Gasteiger partial charge is 0.0705 e. The Morgan fingerprint density at radius 3 is 2.13 bits per heavy atom. The molecule has 0 saturated heterocycles. The van der Waals surface area contributed by atoms with Gasteiger partial charge in [-0.3, -0.25) is 4.98 Å². The van der Waals surface area contributed by atoms with Gasteiger partial charge in [-0.25, -0.2) is 0 Å². The van der Waals surface area contributed by atoms with Crippen LogP contribution in [0.2, 0.25) is 0 Å². The van der Waals surface area contributed by atoms with E-state index in [0.29, 0.717) is 5.41 Å². The summed E-state index contributed by atoms with van der Waals surface area (Å²) in [5.74, 6) is 2.75. The number of pyridine rings is 1. The molecule has 2 unspecified atom stereocenters. The van der Waals surface area contributed by atoms with E-state index in [0.717, 1.165) is 23.4 Å². The van der Waals surface area contributed by atoms with Crippen molar-refractivity contribution in [2.75, 3.05) is 0 Å². The van der Waals surface area contributed by atoms with Gasteiger partial charge >= 0.3 is 0 Å². The van der Waals surface area contributed by atoms with Gasteiger partial charge in [0.15, 0.2) is 0 Å². The van der Waals surface area contributed by atoms with E-state index in [1.54, 1.807) is 0 Å². The van der Waals surface area contributed by atoms with Crippen molar-refractivity contribution < 1.29 is 0 Å². The van der Waals surface area contributed by atoms with Crippen molar-refractivity contribution in [2.45, 2.75) is 59.3 Å². The average molecular weight is 410 g/mol. The summed E-state index contributed by atoms with van der Waals surface area (Å²) in [5, 5.41) is 0. The lowest BCUT2D eigenvalue weighted by atomic mass is 9.55. The Labute approximate surface area is 187 Å². The molecule has 1 heterocycles. The average Bonchev–Trinajstić information content (AvgIpc) is 2.73. The fourth-order valence-electron chi connectivity index (χ4n) is 6.96. The molecular formula is C30H35N. The van der Waals surface area contributed by atoms with Crippen molar-refractivity contribution >= 4 is 0 Å². The highest BCUT2D eigenvalue weighted by Gasteiger charge is 2.43. The van der Waals surface area contributed by atoms with Gasteiger partial charge in [-0.1, -0.05) is 68.4 Å². The second-order valence-corrected chi connectivity index (χ2v) is 10.8. The van der Waals surface area contributed by atoms with Gasteiger partial charge in [-0.15, -0.1) is 0 Å². The monoisotopic (exact) mass is 409 g/mol. The first-order chi connectivity index (χ1) is 15.0. The first-order valence-corrected chi connectivity index (χ1v) is 12.1. The highest BCUT2D eigenvalue weighted by atomic mass is 14.7. The molecule has 31 heavy (non-hydrogen) atoms. The van der Waals surface area contributed by atoms with Crippen LogP contribution in [-0.2, 0) is 6.42 Å². The minimum absolute atomic E-state index is 0.540. The summed E-state index contributed by atoms with van der Waals surface area (Å²) in [6.07, 6.45) is 10.5. The van der Waals surface area contributed by atoms with Crippen molar-refractivity contribution in [2.24, 2.45) is 23.2 Å². The van der Waals surface area contributed by atoms with Crippen LogP contribution in [0.5, 0.6) is 0 Å². The highest BCUT2D eigenvalue weighted by Crippen LogP contribution is 2.54. The van der Waals surface area contributed by atoms with Gasteiger partial charge < -0.3 is 0 Å². The number of aromatic nitrogens is 1. The summed E-state index contributed by atoms with van der Waals surface area (Å²) in [6, 6.07) is 22.1. The van der Waals surface area contributed by atoms with Crippen molar-refractivity contribution in [3.8, 4) is 22.4 Å². The molecule has 2 aliphatic rings. The van der Waals surface area contributed by atoms with Gasteiger partial charge in [-0.05, 0) is 91.4 Å². The van der Waals surface area contributed by atoms with Crippen LogP contribution in [0.1, 0.15) is 57.1 Å². The van der Waals surface area contributed by atoms with Crippen molar-refractivity contribution in [1.82, 2.24) is 4.98 Å². The van der Waals surface area contributed by atoms with E-state index in [1.807, 2.05) is 6.20 Å². The molecular weight excluding hydrogens is 374 g/mol. The van der Waals surface area contributed by atoms with Crippen LogP contribution in [0.4, 0.5) is 0 Å². The summed E-state index contributed by atoms with van der Waals surface area (Å²) < 4.78 is 0. The maximum Gasteiger partial charge on any atom is 0.0705 e. The van der Waals surface area contributed by atoms with E-state index in [-0.39, 0.29) is 0 Å². The van der Waals surface area contributed by atoms with Crippen LogP contribution < -0.4 is 0 Å². The van der Waals surface area contributed by atoms with Crippen LogP contribution in [0, 0.1) is 30.1 Å². The second-order valence-electron chi connectivity index (χ2n) is 10.8. The van der Waals surface area contributed by atoms with E-state index in [2.05, 4.69) is 81.4 Å². The third-order valence-corrected chi connectivity index (χ3v) is 7.81. The fourth-order valence-corrected chi connectivity index (χ4v) is 6.96. The van der Waals surface area contributed by atoms with Crippen LogP contribution in [-0.4, -0.2) is 4.98 Å². The van der Waals surface area contributed by atoms with E-state index in [4.69, 9.17) is 4.98 Å². The van der Waals surface area contributed by atoms with E-state index < -0.39 is 0 Å². The Hall–Kier alpha value is -2.41. The first kappa shape index (κ1) is 20.5. The Kier molecular flexibility index (Phi) is 5.46. The largest absolute Gasteiger partial charge is 0.256 e. The molecule has 2 saturated carbocycles. The summed E-state index contributed by atoms with van der Waals surface area (Å²) >= 11 is 0. The molecule has 0 amide bonds. The minimum atomic E-state index is 0.540. The minimum Gasteiger partial charge on any atom is -0.256 e. The van der Waals surface area contributed by atoms with Crippen LogP contribution in [0.25, 0.3) is 22.4 Å². The van der Waals surface area contributed by atoms with E-state index in [1.165, 1.54) is 66.3 Å². The Bertz CT molecular complexity index is 1010. The normalized spacial score (nSPS) is 27.8. The second kappa shape index (κ2) is 8.26. The van der Waals surface area contributed by atoms with Gasteiger partial charge in [0.2, 0.25) is 0 Å². The molecule has 1 nitrogen and oxygen atoms in total. The Balaban J connectivity index is 1.33. The quantitative estimate of drug-likeness (QED) is 0.424. The number of hydrogen-bond acceptors (Lipinski definition) is 1. The van der Waals surface area contributed by atoms with Gasteiger partial charge in [0.05, 0.1) is 5.69 Å². The number of aryl methyl sites for hydroxylation is 1. The summed E-state index contributed by atoms with van der Waals surface area (Å²) in [5.41, 5.74) is 8.03. The van der Waals surface area contributed by atoms with Crippen LogP contribution >= 0.6 is 0 Å². The third-order valence-electron chi connectivity index (χ3n) is 7.81. The molecule has 160 valence electrons. The molecule has 2 fully saturated rings. The Morgan fingerprint density at radius 2 is 1.48 bits per heavy atom. The van der Waals surface area contributed by atoms with Gasteiger partial charge in [0.1, 0.15) is 0 Å². The summed E-state index contributed by atoms with van der Waals surface area (Å²) in [6.45, 7) is 7.10. The van der Waals surface area contributed by atoms with Gasteiger partial charge in [0, 0.05) is 17.3 Å². The standard InChI is InChI=1S/C30H35N/c1-21-14-25-15-22(2)17-30(16-21,19-25)18-24-8-10-26(11-9-24)27-12-13-29(31-20-27)28-7-5-4-6-23(28)3/h4-13,20-22,25H,14-19H2,1-3H3. The maximum absolute atomic E-state index is 4.76. The SMILES string of the molecule is Cc1ccccc1-c1ccc(-c2ccc(CC34CC(C)CC(CC(C)C3)C4)cc2)cn1. The number of hydrogen-bond donors (Lipinski definition) is 0. The molecule has 0 radical (unpaired) electrons. The molecule has 0 spiro atoms. The predicted molar refractivity (Wildman–Crippen MR) is 131 cm³/mol. The molecule has 1 aromatic heterocycles. The molecule has 2 bridgehead atoms. The molecule has 3 aromatic rings. The van der Waals surface area contributed by atoms with E-state index >= 15 is 0 Å². The van der Waals surface area contributed by atoms with Crippen LogP contribution in [0.3, 0.4) is 0 Å². The van der Waals surface area contributed by atoms with E-state index in [9.17, 15) is 0 Å². The molecule has 2 aliphatic carbocycles. The summed E-state index contributed by atoms with van der Waals surface area (Å²) in [7, 11) is 0.